The van der Waals surface area contributed by atoms with Crippen LogP contribution in [0.1, 0.15) is 34.1 Å². The molecule has 1 atom stereocenters. The summed E-state index contributed by atoms with van der Waals surface area (Å²) in [6.45, 7) is 4.45. The molecular formula is C30H26ClN5O. The maximum absolute atomic E-state index is 14.0. The van der Waals surface area contributed by atoms with E-state index >= 15 is 0 Å². The molecule has 0 spiro atoms. The minimum atomic E-state index is -0.326. The summed E-state index contributed by atoms with van der Waals surface area (Å²) in [7, 11) is 0. The topological polar surface area (TPSA) is 55.1 Å². The van der Waals surface area contributed by atoms with Gasteiger partial charge in [0.25, 0.3) is 0 Å². The Hall–Kier alpha value is -4.29. The maximum atomic E-state index is 14.0. The highest BCUT2D eigenvalue weighted by atomic mass is 35.5. The lowest BCUT2D eigenvalue weighted by Crippen LogP contribution is -2.38. The molecule has 0 fully saturated rings. The minimum Gasteiger partial charge on any atom is -0.307 e. The zero-order valence-electron chi connectivity index (χ0n) is 20.6. The van der Waals surface area contributed by atoms with Crippen molar-refractivity contribution in [3.63, 3.8) is 0 Å². The number of aryl methyl sites for hydroxylation is 2. The highest BCUT2D eigenvalue weighted by Crippen LogP contribution is 2.39. The van der Waals surface area contributed by atoms with Crippen LogP contribution in [0.5, 0.6) is 0 Å². The molecule has 0 aliphatic carbocycles. The summed E-state index contributed by atoms with van der Waals surface area (Å²) in [5.41, 5.74) is 6.56. The average Bonchev–Trinajstić information content (AvgIpc) is 3.46. The summed E-state index contributed by atoms with van der Waals surface area (Å²) < 4.78 is 4.13. The zero-order chi connectivity index (χ0) is 25.5. The number of para-hydroxylation sites is 2. The van der Waals surface area contributed by atoms with Gasteiger partial charge in [-0.2, -0.15) is 5.10 Å². The summed E-state index contributed by atoms with van der Waals surface area (Å²) in [6.07, 6.45) is 2.05. The van der Waals surface area contributed by atoms with Crippen molar-refractivity contribution in [2.24, 2.45) is 0 Å². The second kappa shape index (κ2) is 9.30. The number of hydrogen-bond acceptors (Lipinski definition) is 2. The van der Waals surface area contributed by atoms with Gasteiger partial charge in [0.05, 0.1) is 40.4 Å². The van der Waals surface area contributed by atoms with Crippen LogP contribution in [-0.2, 0) is 6.54 Å². The molecule has 3 heterocycles. The number of amides is 2. The number of anilines is 1. The number of nitrogens with one attached hydrogen (secondary N) is 1. The van der Waals surface area contributed by atoms with E-state index in [-0.39, 0.29) is 12.1 Å². The highest BCUT2D eigenvalue weighted by Gasteiger charge is 2.36. The molecule has 184 valence electrons. The van der Waals surface area contributed by atoms with Crippen LogP contribution in [0.25, 0.3) is 11.5 Å². The van der Waals surface area contributed by atoms with Crippen LogP contribution in [0.3, 0.4) is 0 Å². The van der Waals surface area contributed by atoms with Gasteiger partial charge >= 0.3 is 6.03 Å². The van der Waals surface area contributed by atoms with Gasteiger partial charge in [0.2, 0.25) is 0 Å². The van der Waals surface area contributed by atoms with Crippen LogP contribution in [0.4, 0.5) is 10.5 Å². The predicted octanol–water partition coefficient (Wildman–Crippen LogP) is 7.07. The maximum Gasteiger partial charge on any atom is 0.323 e. The van der Waals surface area contributed by atoms with E-state index in [0.29, 0.717) is 17.3 Å². The Bertz CT molecular complexity index is 1600. The number of benzene rings is 3. The number of urea groups is 1. The largest absolute Gasteiger partial charge is 0.323 e. The van der Waals surface area contributed by atoms with Gasteiger partial charge in [-0.25, -0.2) is 9.48 Å². The van der Waals surface area contributed by atoms with Gasteiger partial charge < -0.3 is 14.8 Å². The fraction of sp³-hybridized carbons (Fsp3) is 0.133. The van der Waals surface area contributed by atoms with Crippen molar-refractivity contribution in [2.45, 2.75) is 26.4 Å². The van der Waals surface area contributed by atoms with E-state index in [1.54, 1.807) is 6.07 Å². The van der Waals surface area contributed by atoms with Crippen LogP contribution in [0.15, 0.2) is 97.2 Å². The molecule has 1 aliphatic heterocycles. The highest BCUT2D eigenvalue weighted by molar-refractivity contribution is 6.33. The predicted molar refractivity (Wildman–Crippen MR) is 147 cm³/mol. The number of fused-ring (bicyclic) bond motifs is 3. The minimum absolute atomic E-state index is 0.230. The summed E-state index contributed by atoms with van der Waals surface area (Å²) in [6, 6.07) is 29.3. The smallest absolute Gasteiger partial charge is 0.307 e. The molecule has 6 rings (SSSR count). The molecule has 0 saturated heterocycles. The summed E-state index contributed by atoms with van der Waals surface area (Å²) in [4.78, 5) is 15.9. The van der Waals surface area contributed by atoms with Crippen LogP contribution in [0.2, 0.25) is 5.02 Å². The summed E-state index contributed by atoms with van der Waals surface area (Å²) in [5.74, 6) is 0.939. The quantitative estimate of drug-likeness (QED) is 0.284. The first-order valence-corrected chi connectivity index (χ1v) is 12.6. The first-order valence-electron chi connectivity index (χ1n) is 12.2. The van der Waals surface area contributed by atoms with E-state index in [0.717, 1.165) is 39.6 Å². The Balaban J connectivity index is 1.55. The third kappa shape index (κ3) is 4.09. The van der Waals surface area contributed by atoms with E-state index < -0.39 is 0 Å². The Morgan fingerprint density at radius 3 is 2.51 bits per heavy atom. The second-order valence-corrected chi connectivity index (χ2v) is 9.70. The van der Waals surface area contributed by atoms with Crippen molar-refractivity contribution < 1.29 is 4.79 Å². The van der Waals surface area contributed by atoms with Gasteiger partial charge in [0, 0.05) is 11.8 Å². The molecule has 0 unspecified atom stereocenters. The van der Waals surface area contributed by atoms with Gasteiger partial charge in [-0.1, -0.05) is 71.8 Å². The monoisotopic (exact) mass is 507 g/mol. The molecule has 1 N–H and O–H groups in total. The number of carbonyl (C=O) groups is 1. The molecule has 0 saturated carbocycles. The SMILES string of the molecule is Cc1cccc([C@@H]2c3cccn3-c3c(c(C)nn3-c3ccccc3)CN2C(=O)Nc2ccccc2Cl)c1. The van der Waals surface area contributed by atoms with Gasteiger partial charge in [-0.3, -0.25) is 0 Å². The summed E-state index contributed by atoms with van der Waals surface area (Å²) in [5, 5.41) is 8.45. The molecule has 5 aromatic rings. The van der Waals surface area contributed by atoms with Crippen molar-refractivity contribution >= 4 is 23.3 Å². The molecular weight excluding hydrogens is 482 g/mol. The van der Waals surface area contributed by atoms with Crippen LogP contribution >= 0.6 is 11.6 Å². The number of halogens is 1. The fourth-order valence-corrected chi connectivity index (χ4v) is 5.27. The molecule has 0 radical (unpaired) electrons. The van der Waals surface area contributed by atoms with Crippen LogP contribution in [-0.4, -0.2) is 25.3 Å². The third-order valence-corrected chi connectivity index (χ3v) is 7.15. The van der Waals surface area contributed by atoms with Gasteiger partial charge in [-0.15, -0.1) is 0 Å². The lowest BCUT2D eigenvalue weighted by atomic mass is 10.00. The Kier molecular flexibility index (Phi) is 5.81. The first-order chi connectivity index (χ1) is 18.0. The van der Waals surface area contributed by atoms with Crippen LogP contribution in [0, 0.1) is 13.8 Å². The number of nitrogens with zero attached hydrogens (tertiary/aromatic N) is 4. The number of aromatic nitrogens is 3. The molecule has 2 amide bonds. The van der Waals surface area contributed by atoms with Crippen LogP contribution < -0.4 is 5.32 Å². The fourth-order valence-electron chi connectivity index (χ4n) is 5.09. The lowest BCUT2D eigenvalue weighted by molar-refractivity contribution is 0.194. The molecule has 3 aromatic carbocycles. The number of rotatable bonds is 3. The van der Waals surface area contributed by atoms with Crippen molar-refractivity contribution in [3.05, 3.63) is 130 Å². The summed E-state index contributed by atoms with van der Waals surface area (Å²) >= 11 is 6.40. The average molecular weight is 508 g/mol. The molecule has 37 heavy (non-hydrogen) atoms. The molecule has 6 nitrogen and oxygen atoms in total. The Labute approximate surface area is 220 Å². The number of hydrogen-bond donors (Lipinski definition) is 1. The zero-order valence-corrected chi connectivity index (χ0v) is 21.4. The number of carbonyl (C=O) groups excluding carboxylic acids is 1. The standard InChI is InChI=1S/C30H26ClN5O/c1-20-10-8-11-22(18-20)28-27-16-9-17-34(27)29-24(21(2)33-36(29)23-12-4-3-5-13-23)19-35(28)30(37)32-26-15-7-6-14-25(26)31/h3-18,28H,19H2,1-2H3,(H,32,37)/t28-/m1/s1. The molecule has 1 aliphatic rings. The van der Waals surface area contributed by atoms with Crippen molar-refractivity contribution in [1.29, 1.82) is 0 Å². The molecule has 7 heteroatoms. The van der Waals surface area contributed by atoms with E-state index in [2.05, 4.69) is 41.1 Å². The van der Waals surface area contributed by atoms with Crippen molar-refractivity contribution in [3.8, 4) is 11.5 Å². The van der Waals surface area contributed by atoms with Gasteiger partial charge in [0.1, 0.15) is 5.82 Å². The van der Waals surface area contributed by atoms with Crippen molar-refractivity contribution in [1.82, 2.24) is 19.2 Å². The molecule has 2 aromatic heterocycles. The van der Waals surface area contributed by atoms with E-state index in [1.165, 1.54) is 0 Å². The lowest BCUT2D eigenvalue weighted by Gasteiger charge is -2.31. The van der Waals surface area contributed by atoms with Crippen molar-refractivity contribution in [2.75, 3.05) is 5.32 Å². The third-order valence-electron chi connectivity index (χ3n) is 6.82. The van der Waals surface area contributed by atoms with E-state index in [4.69, 9.17) is 16.7 Å². The normalized spacial score (nSPS) is 14.6. The van der Waals surface area contributed by atoms with E-state index in [1.807, 2.05) is 83.4 Å². The van der Waals surface area contributed by atoms with Gasteiger partial charge in [-0.05, 0) is 55.8 Å². The Morgan fingerprint density at radius 2 is 1.73 bits per heavy atom. The Morgan fingerprint density at radius 1 is 0.946 bits per heavy atom. The van der Waals surface area contributed by atoms with E-state index in [9.17, 15) is 4.79 Å². The second-order valence-electron chi connectivity index (χ2n) is 9.29. The molecule has 0 bridgehead atoms. The first kappa shape index (κ1) is 23.1. The van der Waals surface area contributed by atoms with Gasteiger partial charge in [0.15, 0.2) is 0 Å².